The molecule has 0 aromatic heterocycles. The van der Waals surface area contributed by atoms with Gasteiger partial charge in [-0.25, -0.2) is 0 Å². The minimum Gasteiger partial charge on any atom is -0.408 e. The maximum atomic E-state index is 10.4. The van der Waals surface area contributed by atoms with Crippen molar-refractivity contribution in [3.8, 4) is 0 Å². The molecule has 0 fully saturated rings. The van der Waals surface area contributed by atoms with Crippen LogP contribution in [0.3, 0.4) is 0 Å². The first-order valence-electron chi connectivity index (χ1n) is 8.14. The van der Waals surface area contributed by atoms with Crippen molar-refractivity contribution < 1.29 is 9.53 Å². The van der Waals surface area contributed by atoms with Crippen LogP contribution in [0.4, 0.5) is 0 Å². The van der Waals surface area contributed by atoms with Gasteiger partial charge in [-0.15, -0.1) is 0 Å². The first-order valence-corrected chi connectivity index (χ1v) is 11.0. The Morgan fingerprint density at radius 1 is 1.15 bits per heavy atom. The summed E-state index contributed by atoms with van der Waals surface area (Å²) in [6.45, 7) is 15.4. The molecule has 0 saturated carbocycles. The molecule has 0 aliphatic rings. The van der Waals surface area contributed by atoms with Gasteiger partial charge in [-0.2, -0.15) is 0 Å². The number of allylic oxidation sites excluding steroid dienone is 1. The van der Waals surface area contributed by atoms with Crippen molar-refractivity contribution in [3.05, 3.63) is 12.2 Å². The van der Waals surface area contributed by atoms with E-state index in [2.05, 4.69) is 40.8 Å². The Morgan fingerprint density at radius 2 is 1.75 bits per heavy atom. The summed E-state index contributed by atoms with van der Waals surface area (Å²) in [5, 5.41) is 10.6. The van der Waals surface area contributed by atoms with Gasteiger partial charge in [-0.1, -0.05) is 65.5 Å². The molecule has 20 heavy (non-hydrogen) atoms. The predicted molar refractivity (Wildman–Crippen MR) is 91.6 cm³/mol. The Balaban J connectivity index is 4.56. The van der Waals surface area contributed by atoms with Crippen molar-refractivity contribution in [2.24, 2.45) is 0 Å². The van der Waals surface area contributed by atoms with Crippen molar-refractivity contribution >= 4 is 8.32 Å². The Labute approximate surface area is 127 Å². The number of hydrogen-bond acceptors (Lipinski definition) is 2. The van der Waals surface area contributed by atoms with Crippen LogP contribution in [0.1, 0.15) is 66.7 Å². The standard InChI is InChI=1S/C17H36O2Si/c1-8-10-11-12-14-15(18)16(13-9-2)19-20(6,7)17(3,4)5/h9,13,15-16,18H,8,10-12,14H2,1-7H3/b13-9+/t15-,16+/m0/s1. The first-order chi connectivity index (χ1) is 9.15. The van der Waals surface area contributed by atoms with E-state index in [1.54, 1.807) is 0 Å². The molecule has 0 spiro atoms. The number of aliphatic hydroxyl groups is 1. The minimum absolute atomic E-state index is 0.150. The van der Waals surface area contributed by atoms with Crippen LogP contribution in [-0.4, -0.2) is 25.6 Å². The molecule has 0 bridgehead atoms. The molecular formula is C17H36O2Si. The third-order valence-corrected chi connectivity index (χ3v) is 8.83. The number of aliphatic hydroxyl groups excluding tert-OH is 1. The van der Waals surface area contributed by atoms with Gasteiger partial charge >= 0.3 is 0 Å². The van der Waals surface area contributed by atoms with E-state index in [4.69, 9.17) is 4.43 Å². The summed E-state index contributed by atoms with van der Waals surface area (Å²) in [4.78, 5) is 0. The molecule has 0 aromatic carbocycles. The highest BCUT2D eigenvalue weighted by Crippen LogP contribution is 2.38. The molecule has 1 N–H and O–H groups in total. The van der Waals surface area contributed by atoms with Crippen LogP contribution in [0.5, 0.6) is 0 Å². The second-order valence-electron chi connectivity index (χ2n) is 7.29. The fourth-order valence-electron chi connectivity index (χ4n) is 1.90. The van der Waals surface area contributed by atoms with Gasteiger partial charge in [0.25, 0.3) is 0 Å². The molecule has 0 saturated heterocycles. The van der Waals surface area contributed by atoms with Crippen LogP contribution in [-0.2, 0) is 4.43 Å². The average molecular weight is 301 g/mol. The zero-order valence-electron chi connectivity index (χ0n) is 14.7. The molecular weight excluding hydrogens is 264 g/mol. The summed E-state index contributed by atoms with van der Waals surface area (Å²) in [5.74, 6) is 0. The predicted octanol–water partition coefficient (Wildman–Crippen LogP) is 5.28. The Hall–Kier alpha value is -0.123. The van der Waals surface area contributed by atoms with Gasteiger partial charge in [0.2, 0.25) is 0 Å². The van der Waals surface area contributed by atoms with Crippen molar-refractivity contribution in [1.82, 2.24) is 0 Å². The van der Waals surface area contributed by atoms with Gasteiger partial charge < -0.3 is 9.53 Å². The fourth-order valence-corrected chi connectivity index (χ4v) is 3.17. The molecule has 2 nitrogen and oxygen atoms in total. The number of hydrogen-bond donors (Lipinski definition) is 1. The summed E-state index contributed by atoms with van der Waals surface area (Å²) in [6.07, 6.45) is 9.10. The maximum Gasteiger partial charge on any atom is 0.193 e. The first kappa shape index (κ1) is 19.9. The topological polar surface area (TPSA) is 29.5 Å². The lowest BCUT2D eigenvalue weighted by Crippen LogP contribution is -2.46. The Bertz CT molecular complexity index is 279. The number of rotatable bonds is 9. The second kappa shape index (κ2) is 9.01. The summed E-state index contributed by atoms with van der Waals surface area (Å²) in [7, 11) is -1.83. The molecule has 3 heteroatoms. The summed E-state index contributed by atoms with van der Waals surface area (Å²) in [6, 6.07) is 0. The second-order valence-corrected chi connectivity index (χ2v) is 12.0. The fraction of sp³-hybridized carbons (Fsp3) is 0.882. The van der Waals surface area contributed by atoms with E-state index in [9.17, 15) is 5.11 Å². The van der Waals surface area contributed by atoms with E-state index in [1.165, 1.54) is 19.3 Å². The molecule has 0 aromatic rings. The molecule has 0 aliphatic carbocycles. The molecule has 0 unspecified atom stereocenters. The number of unbranched alkanes of at least 4 members (excludes halogenated alkanes) is 3. The summed E-state index contributed by atoms with van der Waals surface area (Å²) >= 11 is 0. The van der Waals surface area contributed by atoms with Crippen molar-refractivity contribution in [3.63, 3.8) is 0 Å². The quantitative estimate of drug-likeness (QED) is 0.356. The molecule has 0 radical (unpaired) electrons. The normalized spacial score (nSPS) is 16.6. The smallest absolute Gasteiger partial charge is 0.193 e. The highest BCUT2D eigenvalue weighted by atomic mass is 28.4. The largest absolute Gasteiger partial charge is 0.408 e. The van der Waals surface area contributed by atoms with Crippen LogP contribution in [0.15, 0.2) is 12.2 Å². The van der Waals surface area contributed by atoms with Gasteiger partial charge in [-0.05, 0) is 31.5 Å². The molecule has 120 valence electrons. The lowest BCUT2D eigenvalue weighted by atomic mass is 10.1. The zero-order chi connectivity index (χ0) is 15.8. The summed E-state index contributed by atoms with van der Waals surface area (Å²) < 4.78 is 6.36. The lowest BCUT2D eigenvalue weighted by Gasteiger charge is -2.39. The molecule has 0 aliphatic heterocycles. The third kappa shape index (κ3) is 7.05. The minimum atomic E-state index is -1.83. The van der Waals surface area contributed by atoms with Crippen LogP contribution >= 0.6 is 0 Å². The molecule has 0 rings (SSSR count). The van der Waals surface area contributed by atoms with Crippen molar-refractivity contribution in [1.29, 1.82) is 0 Å². The van der Waals surface area contributed by atoms with E-state index in [1.807, 2.05) is 19.1 Å². The maximum absolute atomic E-state index is 10.4. The van der Waals surface area contributed by atoms with Gasteiger partial charge in [0.05, 0.1) is 12.2 Å². The molecule has 2 atom stereocenters. The molecule has 0 heterocycles. The molecule has 0 amide bonds. The SMILES string of the molecule is C/C=C/[C@@H](O[Si](C)(C)C(C)(C)C)[C@@H](O)CCCCCC. The highest BCUT2D eigenvalue weighted by Gasteiger charge is 2.39. The van der Waals surface area contributed by atoms with Gasteiger partial charge in [0.1, 0.15) is 0 Å². The Morgan fingerprint density at radius 3 is 2.20 bits per heavy atom. The Kier molecular flexibility index (Phi) is 8.95. The van der Waals surface area contributed by atoms with E-state index in [0.717, 1.165) is 12.8 Å². The van der Waals surface area contributed by atoms with Gasteiger partial charge in [0.15, 0.2) is 8.32 Å². The third-order valence-electron chi connectivity index (χ3n) is 4.35. The van der Waals surface area contributed by atoms with Crippen LogP contribution < -0.4 is 0 Å². The van der Waals surface area contributed by atoms with Crippen LogP contribution in [0.2, 0.25) is 18.1 Å². The van der Waals surface area contributed by atoms with E-state index >= 15 is 0 Å². The van der Waals surface area contributed by atoms with Crippen molar-refractivity contribution in [2.45, 2.75) is 97.1 Å². The summed E-state index contributed by atoms with van der Waals surface area (Å²) in [5.41, 5.74) is 0. The average Bonchev–Trinajstić information content (AvgIpc) is 2.32. The monoisotopic (exact) mass is 300 g/mol. The van der Waals surface area contributed by atoms with Gasteiger partial charge in [0, 0.05) is 0 Å². The van der Waals surface area contributed by atoms with Gasteiger partial charge in [-0.3, -0.25) is 0 Å². The van der Waals surface area contributed by atoms with E-state index < -0.39 is 8.32 Å². The van der Waals surface area contributed by atoms with Crippen LogP contribution in [0, 0.1) is 0 Å². The van der Waals surface area contributed by atoms with E-state index in [0.29, 0.717) is 0 Å². The van der Waals surface area contributed by atoms with Crippen LogP contribution in [0.25, 0.3) is 0 Å². The van der Waals surface area contributed by atoms with Crippen molar-refractivity contribution in [2.75, 3.05) is 0 Å². The van der Waals surface area contributed by atoms with E-state index in [-0.39, 0.29) is 17.2 Å². The lowest BCUT2D eigenvalue weighted by molar-refractivity contribution is 0.0479. The zero-order valence-corrected chi connectivity index (χ0v) is 15.7. The highest BCUT2D eigenvalue weighted by molar-refractivity contribution is 6.74.